The van der Waals surface area contributed by atoms with Crippen LogP contribution in [0.3, 0.4) is 0 Å². The highest BCUT2D eigenvalue weighted by molar-refractivity contribution is 5.86. The van der Waals surface area contributed by atoms with Crippen molar-refractivity contribution in [3.63, 3.8) is 0 Å². The Labute approximate surface area is 131 Å². The predicted molar refractivity (Wildman–Crippen MR) is 87.8 cm³/mol. The summed E-state index contributed by atoms with van der Waals surface area (Å²) in [5.74, 6) is 0. The first-order chi connectivity index (χ1) is 10.7. The molecular weight excluding hydrogens is 272 g/mol. The SMILES string of the molecule is CC[C@@]12CCCN3CCc4c(n(c5ccccc45)[C@@H](O)C1)[C@H]32. The van der Waals surface area contributed by atoms with Gasteiger partial charge in [0, 0.05) is 17.6 Å². The maximum absolute atomic E-state index is 11.0. The molecule has 5 rings (SSSR count). The maximum atomic E-state index is 11.0. The monoisotopic (exact) mass is 296 g/mol. The van der Waals surface area contributed by atoms with Gasteiger partial charge in [-0.2, -0.15) is 0 Å². The van der Waals surface area contributed by atoms with Gasteiger partial charge in [0.1, 0.15) is 6.23 Å². The summed E-state index contributed by atoms with van der Waals surface area (Å²) < 4.78 is 2.26. The summed E-state index contributed by atoms with van der Waals surface area (Å²) >= 11 is 0. The quantitative estimate of drug-likeness (QED) is 0.870. The van der Waals surface area contributed by atoms with Crippen LogP contribution in [0.4, 0.5) is 0 Å². The van der Waals surface area contributed by atoms with Gasteiger partial charge in [-0.1, -0.05) is 25.1 Å². The van der Waals surface area contributed by atoms with Gasteiger partial charge in [-0.15, -0.1) is 0 Å². The number of aromatic nitrogens is 1. The molecule has 0 aliphatic carbocycles. The molecule has 3 heteroatoms. The number of rotatable bonds is 1. The number of aliphatic hydroxyl groups excluding tert-OH is 1. The average molecular weight is 296 g/mol. The lowest BCUT2D eigenvalue weighted by Crippen LogP contribution is -2.53. The van der Waals surface area contributed by atoms with Gasteiger partial charge in [-0.05, 0) is 55.7 Å². The van der Waals surface area contributed by atoms with E-state index in [1.54, 1.807) is 0 Å². The van der Waals surface area contributed by atoms with E-state index in [1.165, 1.54) is 54.5 Å². The van der Waals surface area contributed by atoms with E-state index in [1.807, 2.05) is 0 Å². The van der Waals surface area contributed by atoms with E-state index in [0.717, 1.165) is 12.8 Å². The first-order valence-electron chi connectivity index (χ1n) is 8.79. The van der Waals surface area contributed by atoms with Crippen LogP contribution in [-0.2, 0) is 6.42 Å². The Morgan fingerprint density at radius 3 is 3.00 bits per heavy atom. The number of para-hydroxylation sites is 1. The molecule has 1 fully saturated rings. The topological polar surface area (TPSA) is 28.4 Å². The zero-order chi connectivity index (χ0) is 14.9. The standard InChI is InChI=1S/C19H24N2O/c1-2-19-9-5-10-20-11-8-14-13-6-3-4-7-15(13)21(16(22)12-19)17(14)18(19)20/h3-4,6-7,16,18,22H,2,5,8-12H2,1H3/t16-,18-,19+/m0/s1. The zero-order valence-electron chi connectivity index (χ0n) is 13.3. The van der Waals surface area contributed by atoms with Crippen molar-refractivity contribution in [1.82, 2.24) is 9.47 Å². The van der Waals surface area contributed by atoms with Crippen molar-refractivity contribution in [2.45, 2.75) is 51.3 Å². The van der Waals surface area contributed by atoms with Gasteiger partial charge in [-0.25, -0.2) is 0 Å². The summed E-state index contributed by atoms with van der Waals surface area (Å²) in [6.45, 7) is 4.73. The molecule has 0 amide bonds. The molecule has 4 heterocycles. The summed E-state index contributed by atoms with van der Waals surface area (Å²) in [7, 11) is 0. The number of fused-ring (bicyclic) bond motifs is 3. The van der Waals surface area contributed by atoms with E-state index in [9.17, 15) is 5.11 Å². The van der Waals surface area contributed by atoms with Crippen LogP contribution in [0.15, 0.2) is 24.3 Å². The van der Waals surface area contributed by atoms with Crippen LogP contribution in [-0.4, -0.2) is 27.7 Å². The highest BCUT2D eigenvalue weighted by atomic mass is 16.3. The van der Waals surface area contributed by atoms with Crippen molar-refractivity contribution in [3.05, 3.63) is 35.5 Å². The fraction of sp³-hybridized carbons (Fsp3) is 0.579. The molecule has 3 aliphatic heterocycles. The van der Waals surface area contributed by atoms with Crippen molar-refractivity contribution in [3.8, 4) is 0 Å². The van der Waals surface area contributed by atoms with E-state index in [-0.39, 0.29) is 11.6 Å². The fourth-order valence-corrected chi connectivity index (χ4v) is 5.66. The molecule has 1 aromatic heterocycles. The minimum Gasteiger partial charge on any atom is -0.373 e. The van der Waals surface area contributed by atoms with Crippen LogP contribution in [0.1, 0.15) is 56.1 Å². The van der Waals surface area contributed by atoms with Gasteiger partial charge >= 0.3 is 0 Å². The molecule has 0 bridgehead atoms. The molecule has 0 radical (unpaired) electrons. The van der Waals surface area contributed by atoms with Crippen molar-refractivity contribution in [2.24, 2.45) is 5.41 Å². The molecule has 0 saturated carbocycles. The minimum absolute atomic E-state index is 0.275. The molecule has 3 aliphatic rings. The van der Waals surface area contributed by atoms with Crippen LogP contribution in [0.5, 0.6) is 0 Å². The summed E-state index contributed by atoms with van der Waals surface area (Å²) in [4.78, 5) is 2.70. The van der Waals surface area contributed by atoms with E-state index >= 15 is 0 Å². The molecule has 3 atom stereocenters. The molecule has 116 valence electrons. The predicted octanol–water partition coefficient (Wildman–Crippen LogP) is 3.63. The van der Waals surface area contributed by atoms with Gasteiger partial charge in [0.2, 0.25) is 0 Å². The van der Waals surface area contributed by atoms with E-state index in [2.05, 4.69) is 40.7 Å². The van der Waals surface area contributed by atoms with Gasteiger partial charge in [0.25, 0.3) is 0 Å². The first-order valence-corrected chi connectivity index (χ1v) is 8.79. The molecule has 1 saturated heterocycles. The molecular formula is C19H24N2O. The Balaban J connectivity index is 1.85. The summed E-state index contributed by atoms with van der Waals surface area (Å²) in [5.41, 5.74) is 4.46. The number of hydrogen-bond acceptors (Lipinski definition) is 2. The van der Waals surface area contributed by atoms with Crippen molar-refractivity contribution in [2.75, 3.05) is 13.1 Å². The Bertz CT molecular complexity index is 749. The highest BCUT2D eigenvalue weighted by Crippen LogP contribution is 2.59. The molecule has 0 unspecified atom stereocenters. The lowest BCUT2D eigenvalue weighted by molar-refractivity contribution is -0.0791. The average Bonchev–Trinajstić information content (AvgIpc) is 2.89. The molecule has 1 N–H and O–H groups in total. The second kappa shape index (κ2) is 4.36. The lowest BCUT2D eigenvalue weighted by Gasteiger charge is -2.56. The van der Waals surface area contributed by atoms with Gasteiger partial charge in [0.15, 0.2) is 0 Å². The number of benzene rings is 1. The van der Waals surface area contributed by atoms with Gasteiger partial charge in [-0.3, -0.25) is 4.90 Å². The first kappa shape index (κ1) is 13.1. The summed E-state index contributed by atoms with van der Waals surface area (Å²) in [6.07, 6.45) is 5.41. The number of aliphatic hydroxyl groups is 1. The van der Waals surface area contributed by atoms with Crippen LogP contribution in [0, 0.1) is 5.41 Å². The Morgan fingerprint density at radius 1 is 1.27 bits per heavy atom. The van der Waals surface area contributed by atoms with Gasteiger partial charge in [0.05, 0.1) is 11.6 Å². The third kappa shape index (κ3) is 1.44. The Morgan fingerprint density at radius 2 is 2.14 bits per heavy atom. The van der Waals surface area contributed by atoms with E-state index < -0.39 is 0 Å². The second-order valence-electron chi connectivity index (χ2n) is 7.44. The number of piperidine rings is 1. The Hall–Kier alpha value is -1.32. The zero-order valence-corrected chi connectivity index (χ0v) is 13.3. The van der Waals surface area contributed by atoms with Crippen LogP contribution < -0.4 is 0 Å². The third-order valence-corrected chi connectivity index (χ3v) is 6.62. The summed E-state index contributed by atoms with van der Waals surface area (Å²) in [6, 6.07) is 9.19. The largest absolute Gasteiger partial charge is 0.373 e. The highest BCUT2D eigenvalue weighted by Gasteiger charge is 2.52. The molecule has 2 aromatic rings. The van der Waals surface area contributed by atoms with Crippen molar-refractivity contribution in [1.29, 1.82) is 0 Å². The summed E-state index contributed by atoms with van der Waals surface area (Å²) in [5, 5.41) is 12.3. The third-order valence-electron chi connectivity index (χ3n) is 6.62. The van der Waals surface area contributed by atoms with E-state index in [0.29, 0.717) is 6.04 Å². The maximum Gasteiger partial charge on any atom is 0.131 e. The van der Waals surface area contributed by atoms with Crippen molar-refractivity contribution >= 4 is 10.9 Å². The molecule has 22 heavy (non-hydrogen) atoms. The molecule has 1 aromatic carbocycles. The Kier molecular flexibility index (Phi) is 2.61. The smallest absolute Gasteiger partial charge is 0.131 e. The van der Waals surface area contributed by atoms with Crippen LogP contribution in [0.2, 0.25) is 0 Å². The lowest BCUT2D eigenvalue weighted by atomic mass is 9.64. The van der Waals surface area contributed by atoms with E-state index in [4.69, 9.17) is 0 Å². The molecule has 0 spiro atoms. The second-order valence-corrected chi connectivity index (χ2v) is 7.44. The van der Waals surface area contributed by atoms with Crippen LogP contribution in [0.25, 0.3) is 10.9 Å². The van der Waals surface area contributed by atoms with Crippen LogP contribution >= 0.6 is 0 Å². The normalized spacial score (nSPS) is 33.9. The molecule has 3 nitrogen and oxygen atoms in total. The number of nitrogens with zero attached hydrogens (tertiary/aromatic N) is 2. The minimum atomic E-state index is -0.358. The number of hydrogen-bond donors (Lipinski definition) is 1. The van der Waals surface area contributed by atoms with Gasteiger partial charge < -0.3 is 9.67 Å². The van der Waals surface area contributed by atoms with Crippen molar-refractivity contribution < 1.29 is 5.11 Å². The fourth-order valence-electron chi connectivity index (χ4n) is 5.66.